The van der Waals surface area contributed by atoms with E-state index in [4.69, 9.17) is 0 Å². The molecule has 0 heterocycles. The van der Waals surface area contributed by atoms with Crippen molar-refractivity contribution in [2.45, 2.75) is 111 Å². The summed E-state index contributed by atoms with van der Waals surface area (Å²) in [5.74, 6) is 4.63. The molecule has 3 fully saturated rings. The molecule has 0 aromatic carbocycles. The first-order valence-corrected chi connectivity index (χ1v) is 12.6. The van der Waals surface area contributed by atoms with Gasteiger partial charge in [-0.2, -0.15) is 0 Å². The third kappa shape index (κ3) is 3.32. The van der Waals surface area contributed by atoms with Crippen molar-refractivity contribution in [3.05, 3.63) is 11.6 Å². The molecule has 3 saturated carbocycles. The molecule has 0 aromatic rings. The highest BCUT2D eigenvalue weighted by atomic mass is 16.3. The van der Waals surface area contributed by atoms with Crippen LogP contribution in [0.3, 0.4) is 0 Å². The van der Waals surface area contributed by atoms with Crippen LogP contribution in [0.1, 0.15) is 105 Å². The zero-order valence-electron chi connectivity index (χ0n) is 19.3. The van der Waals surface area contributed by atoms with Gasteiger partial charge in [-0.25, -0.2) is 0 Å². The van der Waals surface area contributed by atoms with Crippen molar-refractivity contribution in [3.8, 4) is 0 Å². The van der Waals surface area contributed by atoms with Gasteiger partial charge in [0.05, 0.1) is 6.10 Å². The van der Waals surface area contributed by atoms with Gasteiger partial charge >= 0.3 is 0 Å². The van der Waals surface area contributed by atoms with Crippen LogP contribution in [0.25, 0.3) is 0 Å². The van der Waals surface area contributed by atoms with Crippen LogP contribution in [0.2, 0.25) is 0 Å². The van der Waals surface area contributed by atoms with Gasteiger partial charge in [-0.1, -0.05) is 52.7 Å². The van der Waals surface area contributed by atoms with Gasteiger partial charge < -0.3 is 5.11 Å². The Kier molecular flexibility index (Phi) is 5.80. The van der Waals surface area contributed by atoms with Gasteiger partial charge in [0.15, 0.2) is 0 Å². The second kappa shape index (κ2) is 7.75. The smallest absolute Gasteiger partial charge is 0.0568 e. The van der Waals surface area contributed by atoms with Crippen LogP contribution in [0.15, 0.2) is 11.6 Å². The first-order valence-electron chi connectivity index (χ1n) is 12.6. The molecule has 0 aromatic heterocycles. The average molecular weight is 387 g/mol. The zero-order valence-corrected chi connectivity index (χ0v) is 19.3. The second-order valence-electron chi connectivity index (χ2n) is 12.1. The molecule has 4 rings (SSSR count). The fourth-order valence-corrected chi connectivity index (χ4v) is 8.64. The van der Waals surface area contributed by atoms with Crippen molar-refractivity contribution in [3.63, 3.8) is 0 Å². The van der Waals surface area contributed by atoms with E-state index in [1.807, 2.05) is 5.57 Å². The molecule has 1 heteroatoms. The van der Waals surface area contributed by atoms with Gasteiger partial charge in [0.25, 0.3) is 0 Å². The van der Waals surface area contributed by atoms with E-state index in [-0.39, 0.29) is 6.10 Å². The summed E-state index contributed by atoms with van der Waals surface area (Å²) >= 11 is 0. The minimum atomic E-state index is -0.102. The maximum Gasteiger partial charge on any atom is 0.0568 e. The molecule has 0 radical (unpaired) electrons. The molecule has 0 bridgehead atoms. The van der Waals surface area contributed by atoms with Crippen molar-refractivity contribution in [1.29, 1.82) is 0 Å². The van der Waals surface area contributed by atoms with E-state index >= 15 is 0 Å². The Balaban J connectivity index is 1.51. The minimum absolute atomic E-state index is 0.102. The summed E-state index contributed by atoms with van der Waals surface area (Å²) in [6.45, 7) is 12.2. The monoisotopic (exact) mass is 386 g/mol. The first kappa shape index (κ1) is 21.0. The number of fused-ring (bicyclic) bond motifs is 5. The first-order chi connectivity index (χ1) is 13.3. The van der Waals surface area contributed by atoms with E-state index in [1.54, 1.807) is 0 Å². The van der Waals surface area contributed by atoms with Crippen molar-refractivity contribution < 1.29 is 5.11 Å². The fourth-order valence-electron chi connectivity index (χ4n) is 8.64. The topological polar surface area (TPSA) is 20.2 Å². The zero-order chi connectivity index (χ0) is 20.1. The number of aliphatic hydroxyl groups excluding tert-OH is 1. The highest BCUT2D eigenvalue weighted by Crippen LogP contribution is 2.67. The standard InChI is InChI=1S/C27H46O/c1-18(2)9-14-25(28)19(3)22-12-13-23-21-11-10-20-8-6-7-16-26(20,4)24(21)15-17-27(22,23)5/h10,18-19,21-25,28H,6-9,11-17H2,1-5H3. The van der Waals surface area contributed by atoms with Gasteiger partial charge in [0, 0.05) is 0 Å². The Bertz CT molecular complexity index is 591. The van der Waals surface area contributed by atoms with Gasteiger partial charge in [-0.05, 0) is 111 Å². The van der Waals surface area contributed by atoms with Crippen LogP contribution in [0, 0.1) is 46.3 Å². The number of hydrogen-bond donors (Lipinski definition) is 1. The van der Waals surface area contributed by atoms with Crippen molar-refractivity contribution >= 4 is 0 Å². The lowest BCUT2D eigenvalue weighted by Crippen LogP contribution is -2.50. The molecular weight excluding hydrogens is 340 g/mol. The predicted octanol–water partition coefficient (Wildman–Crippen LogP) is 7.39. The molecule has 28 heavy (non-hydrogen) atoms. The highest BCUT2D eigenvalue weighted by molar-refractivity contribution is 5.24. The average Bonchev–Trinajstić information content (AvgIpc) is 3.02. The molecular formula is C27H46O. The normalized spacial score (nSPS) is 45.0. The number of rotatable bonds is 5. The van der Waals surface area contributed by atoms with Crippen LogP contribution >= 0.6 is 0 Å². The largest absolute Gasteiger partial charge is 0.393 e. The van der Waals surface area contributed by atoms with E-state index in [2.05, 4.69) is 40.7 Å². The van der Waals surface area contributed by atoms with E-state index in [0.717, 1.165) is 36.5 Å². The van der Waals surface area contributed by atoms with Crippen LogP contribution < -0.4 is 0 Å². The maximum absolute atomic E-state index is 11.0. The fraction of sp³-hybridized carbons (Fsp3) is 0.926. The summed E-state index contributed by atoms with van der Waals surface area (Å²) in [4.78, 5) is 0. The molecule has 1 N–H and O–H groups in total. The summed E-state index contributed by atoms with van der Waals surface area (Å²) in [6, 6.07) is 0. The van der Waals surface area contributed by atoms with E-state index in [0.29, 0.717) is 22.7 Å². The van der Waals surface area contributed by atoms with Crippen molar-refractivity contribution in [2.24, 2.45) is 46.3 Å². The lowest BCUT2D eigenvalue weighted by molar-refractivity contribution is -0.0629. The molecule has 160 valence electrons. The number of hydrogen-bond acceptors (Lipinski definition) is 1. The Labute approximate surface area is 174 Å². The van der Waals surface area contributed by atoms with Crippen LogP contribution in [-0.4, -0.2) is 11.2 Å². The maximum atomic E-state index is 11.0. The second-order valence-corrected chi connectivity index (χ2v) is 12.1. The minimum Gasteiger partial charge on any atom is -0.393 e. The van der Waals surface area contributed by atoms with Crippen molar-refractivity contribution in [1.82, 2.24) is 0 Å². The molecule has 0 amide bonds. The lowest BCUT2D eigenvalue weighted by Gasteiger charge is -2.58. The summed E-state index contributed by atoms with van der Waals surface area (Å²) in [5.41, 5.74) is 2.81. The summed E-state index contributed by atoms with van der Waals surface area (Å²) in [6.07, 6.45) is 17.4. The van der Waals surface area contributed by atoms with Gasteiger partial charge in [-0.3, -0.25) is 0 Å². The summed E-state index contributed by atoms with van der Waals surface area (Å²) < 4.78 is 0. The molecule has 4 aliphatic rings. The van der Waals surface area contributed by atoms with Crippen LogP contribution in [0.4, 0.5) is 0 Å². The highest BCUT2D eigenvalue weighted by Gasteiger charge is 2.59. The SMILES string of the molecule is CC(C)CCC(O)C(C)C1CCC2C3CC=C4CCCCC4(C)C3CCC12C. The predicted molar refractivity (Wildman–Crippen MR) is 119 cm³/mol. The molecule has 1 nitrogen and oxygen atoms in total. The van der Waals surface area contributed by atoms with Crippen molar-refractivity contribution in [2.75, 3.05) is 0 Å². The Morgan fingerprint density at radius 3 is 2.54 bits per heavy atom. The Morgan fingerprint density at radius 1 is 1.00 bits per heavy atom. The summed E-state index contributed by atoms with van der Waals surface area (Å²) in [5, 5.41) is 11.0. The quantitative estimate of drug-likeness (QED) is 0.488. The van der Waals surface area contributed by atoms with Gasteiger partial charge in [0.1, 0.15) is 0 Å². The molecule has 0 spiro atoms. The van der Waals surface area contributed by atoms with Gasteiger partial charge in [0.2, 0.25) is 0 Å². The van der Waals surface area contributed by atoms with Crippen LogP contribution in [0.5, 0.6) is 0 Å². The van der Waals surface area contributed by atoms with E-state index in [9.17, 15) is 5.11 Å². The molecule has 4 aliphatic carbocycles. The number of allylic oxidation sites excluding steroid dienone is 2. The number of aliphatic hydroxyl groups is 1. The lowest BCUT2D eigenvalue weighted by atomic mass is 9.47. The molecule has 0 aliphatic heterocycles. The van der Waals surface area contributed by atoms with E-state index < -0.39 is 0 Å². The summed E-state index contributed by atoms with van der Waals surface area (Å²) in [7, 11) is 0. The Hall–Kier alpha value is -0.300. The molecule has 8 unspecified atom stereocenters. The Morgan fingerprint density at radius 2 is 1.79 bits per heavy atom. The third-order valence-electron chi connectivity index (χ3n) is 10.4. The van der Waals surface area contributed by atoms with E-state index in [1.165, 1.54) is 57.8 Å². The van der Waals surface area contributed by atoms with Gasteiger partial charge in [-0.15, -0.1) is 0 Å². The van der Waals surface area contributed by atoms with Crippen LogP contribution in [-0.2, 0) is 0 Å². The molecule has 0 saturated heterocycles. The molecule has 8 atom stereocenters. The third-order valence-corrected chi connectivity index (χ3v) is 10.4.